The summed E-state index contributed by atoms with van der Waals surface area (Å²) in [6, 6.07) is 11.3. The van der Waals surface area contributed by atoms with Crippen LogP contribution in [0.5, 0.6) is 0 Å². The highest BCUT2D eigenvalue weighted by atomic mass is 16.5. The molecule has 1 heterocycles. The molecule has 0 saturated heterocycles. The zero-order valence-corrected chi connectivity index (χ0v) is 10.8. The summed E-state index contributed by atoms with van der Waals surface area (Å²) < 4.78 is 4.58. The lowest BCUT2D eigenvalue weighted by atomic mass is 10.1. The third kappa shape index (κ3) is 3.20. The first-order chi connectivity index (χ1) is 9.20. The van der Waals surface area contributed by atoms with Crippen LogP contribution in [0.3, 0.4) is 0 Å². The summed E-state index contributed by atoms with van der Waals surface area (Å²) in [5, 5.41) is 0. The van der Waals surface area contributed by atoms with Gasteiger partial charge in [0.2, 0.25) is 0 Å². The molecular formula is C16H13NO2. The fourth-order valence-corrected chi connectivity index (χ4v) is 1.55. The van der Waals surface area contributed by atoms with E-state index < -0.39 is 5.97 Å². The molecule has 0 spiro atoms. The van der Waals surface area contributed by atoms with Crippen LogP contribution in [0.2, 0.25) is 0 Å². The van der Waals surface area contributed by atoms with Gasteiger partial charge in [0.25, 0.3) is 0 Å². The minimum Gasteiger partial charge on any atom is -0.464 e. The Hall–Kier alpha value is -2.60. The normalized spacial score (nSPS) is 9.37. The van der Waals surface area contributed by atoms with Gasteiger partial charge >= 0.3 is 5.97 Å². The van der Waals surface area contributed by atoms with Crippen molar-refractivity contribution in [3.63, 3.8) is 0 Å². The molecule has 0 atom stereocenters. The van der Waals surface area contributed by atoms with E-state index in [4.69, 9.17) is 0 Å². The van der Waals surface area contributed by atoms with Crippen LogP contribution in [0.4, 0.5) is 0 Å². The Balaban J connectivity index is 2.22. The fraction of sp³-hybridized carbons (Fsp3) is 0.125. The SMILES string of the molecule is COC(=O)c1ccc(C#Cc2ccccc2C)cn1. The summed E-state index contributed by atoms with van der Waals surface area (Å²) >= 11 is 0. The van der Waals surface area contributed by atoms with E-state index in [9.17, 15) is 4.79 Å². The zero-order valence-electron chi connectivity index (χ0n) is 10.8. The van der Waals surface area contributed by atoms with Crippen molar-refractivity contribution >= 4 is 5.97 Å². The number of ether oxygens (including phenoxy) is 1. The first-order valence-electron chi connectivity index (χ1n) is 5.83. The predicted octanol–water partition coefficient (Wildman–Crippen LogP) is 2.58. The summed E-state index contributed by atoms with van der Waals surface area (Å²) in [5.41, 5.74) is 3.16. The smallest absolute Gasteiger partial charge is 0.356 e. The molecule has 0 amide bonds. The number of pyridine rings is 1. The van der Waals surface area contributed by atoms with Crippen LogP contribution in [-0.2, 0) is 4.74 Å². The first kappa shape index (κ1) is 12.8. The Labute approximate surface area is 112 Å². The maximum Gasteiger partial charge on any atom is 0.356 e. The maximum absolute atomic E-state index is 11.2. The number of carbonyl (C=O) groups excluding carboxylic acids is 1. The molecule has 19 heavy (non-hydrogen) atoms. The molecule has 94 valence electrons. The molecule has 0 radical (unpaired) electrons. The molecule has 3 nitrogen and oxygen atoms in total. The molecule has 0 unspecified atom stereocenters. The van der Waals surface area contributed by atoms with Crippen LogP contribution in [0.25, 0.3) is 0 Å². The largest absolute Gasteiger partial charge is 0.464 e. The second-order valence-corrected chi connectivity index (χ2v) is 3.99. The molecule has 0 aliphatic carbocycles. The third-order valence-corrected chi connectivity index (χ3v) is 2.64. The van der Waals surface area contributed by atoms with E-state index in [1.807, 2.05) is 31.2 Å². The molecule has 0 aliphatic heterocycles. The Morgan fingerprint density at radius 2 is 1.95 bits per heavy atom. The van der Waals surface area contributed by atoms with E-state index >= 15 is 0 Å². The maximum atomic E-state index is 11.2. The standard InChI is InChI=1S/C16H13NO2/c1-12-5-3-4-6-14(12)9-7-13-8-10-15(17-11-13)16(18)19-2/h3-6,8,10-11H,1-2H3. The number of hydrogen-bond donors (Lipinski definition) is 0. The molecule has 3 heteroatoms. The van der Waals surface area contributed by atoms with Crippen LogP contribution in [0, 0.1) is 18.8 Å². The average molecular weight is 251 g/mol. The Morgan fingerprint density at radius 3 is 2.58 bits per heavy atom. The van der Waals surface area contributed by atoms with Crippen molar-refractivity contribution in [1.82, 2.24) is 4.98 Å². The fourth-order valence-electron chi connectivity index (χ4n) is 1.55. The van der Waals surface area contributed by atoms with Crippen molar-refractivity contribution in [3.05, 3.63) is 65.0 Å². The van der Waals surface area contributed by atoms with Gasteiger partial charge in [0, 0.05) is 17.3 Å². The van der Waals surface area contributed by atoms with Gasteiger partial charge in [-0.1, -0.05) is 30.0 Å². The summed E-state index contributed by atoms with van der Waals surface area (Å²) in [7, 11) is 1.33. The molecule has 0 fully saturated rings. The molecule has 1 aromatic heterocycles. The second kappa shape index (κ2) is 5.83. The van der Waals surface area contributed by atoms with Crippen LogP contribution in [-0.4, -0.2) is 18.1 Å². The predicted molar refractivity (Wildman–Crippen MR) is 72.7 cm³/mol. The van der Waals surface area contributed by atoms with Gasteiger partial charge in [-0.25, -0.2) is 9.78 Å². The van der Waals surface area contributed by atoms with E-state index in [1.54, 1.807) is 18.3 Å². The van der Waals surface area contributed by atoms with E-state index in [1.165, 1.54) is 7.11 Å². The third-order valence-electron chi connectivity index (χ3n) is 2.64. The average Bonchev–Trinajstić information content (AvgIpc) is 2.46. The highest BCUT2D eigenvalue weighted by Crippen LogP contribution is 2.06. The van der Waals surface area contributed by atoms with Crippen LogP contribution >= 0.6 is 0 Å². The van der Waals surface area contributed by atoms with Crippen LogP contribution in [0.15, 0.2) is 42.6 Å². The summed E-state index contributed by atoms with van der Waals surface area (Å²) in [6.07, 6.45) is 1.57. The lowest BCUT2D eigenvalue weighted by molar-refractivity contribution is 0.0594. The molecule has 2 aromatic rings. The lowest BCUT2D eigenvalue weighted by Gasteiger charge is -1.97. The molecule has 1 aromatic carbocycles. The molecule has 0 N–H and O–H groups in total. The van der Waals surface area contributed by atoms with Crippen molar-refractivity contribution in [2.45, 2.75) is 6.92 Å². The number of carbonyl (C=O) groups is 1. The number of esters is 1. The van der Waals surface area contributed by atoms with Gasteiger partial charge in [0.1, 0.15) is 5.69 Å². The monoisotopic (exact) mass is 251 g/mol. The van der Waals surface area contributed by atoms with Gasteiger partial charge in [-0.3, -0.25) is 0 Å². The number of benzene rings is 1. The van der Waals surface area contributed by atoms with Gasteiger partial charge in [-0.2, -0.15) is 0 Å². The molecule has 2 rings (SSSR count). The Bertz CT molecular complexity index is 648. The van der Waals surface area contributed by atoms with Gasteiger partial charge in [0.05, 0.1) is 7.11 Å². The molecule has 0 bridgehead atoms. The highest BCUT2D eigenvalue weighted by Gasteiger charge is 2.05. The van der Waals surface area contributed by atoms with E-state index in [-0.39, 0.29) is 5.69 Å². The van der Waals surface area contributed by atoms with Gasteiger partial charge < -0.3 is 4.74 Å². The van der Waals surface area contributed by atoms with Gasteiger partial charge in [0.15, 0.2) is 0 Å². The molecule has 0 aliphatic rings. The number of aryl methyl sites for hydroxylation is 1. The number of nitrogens with zero attached hydrogens (tertiary/aromatic N) is 1. The van der Waals surface area contributed by atoms with Crippen molar-refractivity contribution in [2.24, 2.45) is 0 Å². The second-order valence-electron chi connectivity index (χ2n) is 3.99. The number of rotatable bonds is 1. The summed E-state index contributed by atoms with van der Waals surface area (Å²) in [5.74, 6) is 5.66. The van der Waals surface area contributed by atoms with Crippen LogP contribution < -0.4 is 0 Å². The minimum absolute atomic E-state index is 0.281. The molecular weight excluding hydrogens is 238 g/mol. The topological polar surface area (TPSA) is 39.2 Å². The zero-order chi connectivity index (χ0) is 13.7. The van der Waals surface area contributed by atoms with Crippen molar-refractivity contribution in [3.8, 4) is 11.8 Å². The molecule has 0 saturated carbocycles. The Kier molecular flexibility index (Phi) is 3.94. The number of methoxy groups -OCH3 is 1. The van der Waals surface area contributed by atoms with E-state index in [0.29, 0.717) is 0 Å². The van der Waals surface area contributed by atoms with Gasteiger partial charge in [-0.15, -0.1) is 0 Å². The van der Waals surface area contributed by atoms with Crippen molar-refractivity contribution < 1.29 is 9.53 Å². The first-order valence-corrected chi connectivity index (χ1v) is 5.83. The van der Waals surface area contributed by atoms with Crippen molar-refractivity contribution in [1.29, 1.82) is 0 Å². The minimum atomic E-state index is -0.446. The highest BCUT2D eigenvalue weighted by molar-refractivity contribution is 5.87. The summed E-state index contributed by atoms with van der Waals surface area (Å²) in [6.45, 7) is 2.02. The van der Waals surface area contributed by atoms with Crippen molar-refractivity contribution in [2.75, 3.05) is 7.11 Å². The number of aromatic nitrogens is 1. The van der Waals surface area contributed by atoms with Gasteiger partial charge in [-0.05, 0) is 30.7 Å². The lowest BCUT2D eigenvalue weighted by Crippen LogP contribution is -2.03. The summed E-state index contributed by atoms with van der Waals surface area (Å²) in [4.78, 5) is 15.2. The van der Waals surface area contributed by atoms with E-state index in [0.717, 1.165) is 16.7 Å². The quantitative estimate of drug-likeness (QED) is 0.577. The Morgan fingerprint density at radius 1 is 1.16 bits per heavy atom. The van der Waals surface area contributed by atoms with E-state index in [2.05, 4.69) is 21.6 Å². The van der Waals surface area contributed by atoms with Crippen LogP contribution in [0.1, 0.15) is 27.2 Å². The number of hydrogen-bond acceptors (Lipinski definition) is 3.